The summed E-state index contributed by atoms with van der Waals surface area (Å²) in [4.78, 5) is 24.4. The molecule has 17 heavy (non-hydrogen) atoms. The third-order valence-electron chi connectivity index (χ3n) is 2.84. The molecule has 1 saturated heterocycles. The van der Waals surface area contributed by atoms with Crippen LogP contribution >= 0.6 is 0 Å². The molecule has 1 amide bonds. The molecule has 0 radical (unpaired) electrons. The van der Waals surface area contributed by atoms with Crippen LogP contribution in [0.3, 0.4) is 0 Å². The van der Waals surface area contributed by atoms with E-state index >= 15 is 0 Å². The van der Waals surface area contributed by atoms with Gasteiger partial charge in [-0.3, -0.25) is 9.59 Å². The van der Waals surface area contributed by atoms with E-state index in [-0.39, 0.29) is 35.5 Å². The summed E-state index contributed by atoms with van der Waals surface area (Å²) in [7, 11) is 0. The van der Waals surface area contributed by atoms with Crippen molar-refractivity contribution in [3.05, 3.63) is 23.8 Å². The van der Waals surface area contributed by atoms with Crippen LogP contribution in [-0.4, -0.2) is 29.4 Å². The molecule has 90 valence electrons. The minimum absolute atomic E-state index is 0.131. The molecular formula is C12H14N2O3. The van der Waals surface area contributed by atoms with Crippen LogP contribution in [-0.2, 0) is 4.79 Å². The number of hydrogen-bond acceptors (Lipinski definition) is 4. The Morgan fingerprint density at radius 1 is 1.53 bits per heavy atom. The van der Waals surface area contributed by atoms with E-state index in [1.54, 1.807) is 12.1 Å². The summed E-state index contributed by atoms with van der Waals surface area (Å²) in [6, 6.07) is 4.56. The summed E-state index contributed by atoms with van der Waals surface area (Å²) < 4.78 is 0. The molecule has 1 unspecified atom stereocenters. The number of ketones is 1. The highest BCUT2D eigenvalue weighted by molar-refractivity contribution is 6.02. The molecule has 3 N–H and O–H groups in total. The van der Waals surface area contributed by atoms with Crippen molar-refractivity contribution in [3.63, 3.8) is 0 Å². The van der Waals surface area contributed by atoms with Crippen molar-refractivity contribution in [1.82, 2.24) is 0 Å². The summed E-state index contributed by atoms with van der Waals surface area (Å²) in [6.45, 7) is 1.74. The zero-order valence-corrected chi connectivity index (χ0v) is 9.51. The van der Waals surface area contributed by atoms with Crippen LogP contribution in [0, 0.1) is 0 Å². The summed E-state index contributed by atoms with van der Waals surface area (Å²) in [5, 5.41) is 9.97. The third-order valence-corrected chi connectivity index (χ3v) is 2.84. The second-order valence-corrected chi connectivity index (χ2v) is 4.20. The topological polar surface area (TPSA) is 83.6 Å². The van der Waals surface area contributed by atoms with Gasteiger partial charge in [0.25, 0.3) is 0 Å². The van der Waals surface area contributed by atoms with Crippen molar-refractivity contribution >= 4 is 17.4 Å². The number of hydrogen-bond donors (Lipinski definition) is 2. The smallest absolute Gasteiger partial charge is 0.228 e. The van der Waals surface area contributed by atoms with E-state index in [9.17, 15) is 14.7 Å². The van der Waals surface area contributed by atoms with Crippen molar-refractivity contribution in [2.75, 3.05) is 11.4 Å². The number of amides is 1. The van der Waals surface area contributed by atoms with Gasteiger partial charge in [0.05, 0.1) is 11.3 Å². The van der Waals surface area contributed by atoms with Crippen LogP contribution in [0.1, 0.15) is 23.7 Å². The third kappa shape index (κ3) is 2.01. The molecule has 0 spiro atoms. The molecule has 1 fully saturated rings. The lowest BCUT2D eigenvalue weighted by atomic mass is 10.1. The highest BCUT2D eigenvalue weighted by Crippen LogP contribution is 2.33. The molecule has 5 heteroatoms. The molecule has 5 nitrogen and oxygen atoms in total. The molecule has 2 rings (SSSR count). The van der Waals surface area contributed by atoms with Gasteiger partial charge in [-0.25, -0.2) is 0 Å². The average Bonchev–Trinajstić information content (AvgIpc) is 2.57. The number of Topliss-reactive ketones (excluding diaryl/α,β-unsaturated/α-hetero) is 1. The predicted octanol–water partition coefficient (Wildman–Crippen LogP) is 0.659. The lowest BCUT2D eigenvalue weighted by Gasteiger charge is -2.18. The maximum absolute atomic E-state index is 11.7. The maximum Gasteiger partial charge on any atom is 0.228 e. The Hall–Kier alpha value is -1.88. The van der Waals surface area contributed by atoms with Gasteiger partial charge in [0.2, 0.25) is 5.91 Å². The van der Waals surface area contributed by atoms with Gasteiger partial charge in [-0.15, -0.1) is 0 Å². The van der Waals surface area contributed by atoms with Gasteiger partial charge in [0.1, 0.15) is 5.75 Å². The molecule has 1 aromatic rings. The number of aromatic hydroxyl groups is 1. The Labute approximate surface area is 98.8 Å². The number of phenols is 1. The highest BCUT2D eigenvalue weighted by atomic mass is 16.3. The van der Waals surface area contributed by atoms with E-state index in [0.29, 0.717) is 12.2 Å². The molecular weight excluding hydrogens is 220 g/mol. The average molecular weight is 234 g/mol. The maximum atomic E-state index is 11.7. The predicted molar refractivity (Wildman–Crippen MR) is 63.1 cm³/mol. The lowest BCUT2D eigenvalue weighted by Crippen LogP contribution is -2.28. The van der Waals surface area contributed by atoms with Gasteiger partial charge >= 0.3 is 0 Å². The zero-order valence-electron chi connectivity index (χ0n) is 9.51. The molecule has 1 atom stereocenters. The number of carbonyl (C=O) groups is 2. The van der Waals surface area contributed by atoms with Gasteiger partial charge in [0, 0.05) is 19.0 Å². The SMILES string of the molecule is CC(=O)c1cccc(N2CC(N)CC2=O)c1O. The Morgan fingerprint density at radius 3 is 2.76 bits per heavy atom. The van der Waals surface area contributed by atoms with Gasteiger partial charge in [-0.1, -0.05) is 6.07 Å². The Morgan fingerprint density at radius 2 is 2.24 bits per heavy atom. The number of nitrogens with two attached hydrogens (primary N) is 1. The number of benzene rings is 1. The minimum Gasteiger partial charge on any atom is -0.505 e. The molecule has 1 aliphatic rings. The fourth-order valence-corrected chi connectivity index (χ4v) is 2.00. The first kappa shape index (κ1) is 11.6. The number of nitrogens with zero attached hydrogens (tertiary/aromatic N) is 1. The van der Waals surface area contributed by atoms with Crippen molar-refractivity contribution in [2.45, 2.75) is 19.4 Å². The van der Waals surface area contributed by atoms with Crippen LogP contribution in [0.5, 0.6) is 5.75 Å². The molecule has 0 aliphatic carbocycles. The van der Waals surface area contributed by atoms with Gasteiger partial charge < -0.3 is 15.7 Å². The summed E-state index contributed by atoms with van der Waals surface area (Å²) in [5.74, 6) is -0.517. The molecule has 1 heterocycles. The molecule has 0 aromatic heterocycles. The zero-order chi connectivity index (χ0) is 12.6. The summed E-state index contributed by atoms with van der Waals surface area (Å²) in [6.07, 6.45) is 0.268. The molecule has 0 bridgehead atoms. The van der Waals surface area contributed by atoms with E-state index in [1.165, 1.54) is 17.9 Å². The lowest BCUT2D eigenvalue weighted by molar-refractivity contribution is -0.117. The Bertz CT molecular complexity index is 485. The Kier molecular flexibility index (Phi) is 2.85. The first-order valence-corrected chi connectivity index (χ1v) is 5.39. The first-order chi connectivity index (χ1) is 8.00. The van der Waals surface area contributed by atoms with Crippen molar-refractivity contribution in [3.8, 4) is 5.75 Å². The number of anilines is 1. The Balaban J connectivity index is 2.43. The molecule has 1 aromatic carbocycles. The van der Waals surface area contributed by atoms with Crippen LogP contribution in [0.25, 0.3) is 0 Å². The number of carbonyl (C=O) groups excluding carboxylic acids is 2. The molecule has 1 aliphatic heterocycles. The normalized spacial score (nSPS) is 19.8. The van der Waals surface area contributed by atoms with Gasteiger partial charge in [-0.2, -0.15) is 0 Å². The monoisotopic (exact) mass is 234 g/mol. The van der Waals surface area contributed by atoms with Gasteiger partial charge in [-0.05, 0) is 19.1 Å². The van der Waals surface area contributed by atoms with E-state index < -0.39 is 0 Å². The number of rotatable bonds is 2. The second-order valence-electron chi connectivity index (χ2n) is 4.20. The highest BCUT2D eigenvalue weighted by Gasteiger charge is 2.30. The van der Waals surface area contributed by atoms with E-state index in [2.05, 4.69) is 0 Å². The standard InChI is InChI=1S/C12H14N2O3/c1-7(15)9-3-2-4-10(12(9)17)14-6-8(13)5-11(14)16/h2-4,8,17H,5-6,13H2,1H3. The largest absolute Gasteiger partial charge is 0.505 e. The van der Waals surface area contributed by atoms with Crippen LogP contribution < -0.4 is 10.6 Å². The summed E-state index contributed by atoms with van der Waals surface area (Å²) >= 11 is 0. The summed E-state index contributed by atoms with van der Waals surface area (Å²) in [5.41, 5.74) is 6.27. The van der Waals surface area contributed by atoms with Crippen molar-refractivity contribution in [2.24, 2.45) is 5.73 Å². The first-order valence-electron chi connectivity index (χ1n) is 5.39. The van der Waals surface area contributed by atoms with Crippen molar-refractivity contribution in [1.29, 1.82) is 0 Å². The quantitative estimate of drug-likeness (QED) is 0.736. The van der Waals surface area contributed by atoms with E-state index in [0.717, 1.165) is 0 Å². The fourth-order valence-electron chi connectivity index (χ4n) is 2.00. The van der Waals surface area contributed by atoms with E-state index in [1.807, 2.05) is 0 Å². The fraction of sp³-hybridized carbons (Fsp3) is 0.333. The van der Waals surface area contributed by atoms with Crippen molar-refractivity contribution < 1.29 is 14.7 Å². The minimum atomic E-state index is -0.236. The second kappa shape index (κ2) is 4.18. The van der Waals surface area contributed by atoms with Crippen LogP contribution in [0.2, 0.25) is 0 Å². The number of phenolic OH excluding ortho intramolecular Hbond substituents is 1. The van der Waals surface area contributed by atoms with Crippen LogP contribution in [0.15, 0.2) is 18.2 Å². The van der Waals surface area contributed by atoms with E-state index in [4.69, 9.17) is 5.73 Å². The molecule has 0 saturated carbocycles. The van der Waals surface area contributed by atoms with Crippen LogP contribution in [0.4, 0.5) is 5.69 Å². The van der Waals surface area contributed by atoms with Gasteiger partial charge in [0.15, 0.2) is 5.78 Å². The number of para-hydroxylation sites is 1.